The monoisotopic (exact) mass is 277 g/mol. The van der Waals surface area contributed by atoms with E-state index in [9.17, 15) is 0 Å². The third kappa shape index (κ3) is 2.70. The highest BCUT2D eigenvalue weighted by Gasteiger charge is 2.40. The van der Waals surface area contributed by atoms with Crippen molar-refractivity contribution in [3.8, 4) is 17.2 Å². The Kier molecular flexibility index (Phi) is 3.74. The van der Waals surface area contributed by atoms with Crippen LogP contribution in [0.1, 0.15) is 38.2 Å². The summed E-state index contributed by atoms with van der Waals surface area (Å²) in [7, 11) is 1.66. The first-order chi connectivity index (χ1) is 9.76. The molecule has 1 heterocycles. The standard InChI is InChI=1S/C16H23NO3/c1-3-4-16(5-6-16)10-17-9-12-7-13(18-2)15-14(8-12)19-11-20-15/h7-8,17H,3-6,9-11H2,1-2H3. The van der Waals surface area contributed by atoms with Gasteiger partial charge >= 0.3 is 0 Å². The van der Waals surface area contributed by atoms with Gasteiger partial charge in [0.1, 0.15) is 0 Å². The molecule has 0 spiro atoms. The molecule has 0 bridgehead atoms. The summed E-state index contributed by atoms with van der Waals surface area (Å²) in [5.41, 5.74) is 1.76. The van der Waals surface area contributed by atoms with Gasteiger partial charge in [0.15, 0.2) is 11.5 Å². The average molecular weight is 277 g/mol. The van der Waals surface area contributed by atoms with Gasteiger partial charge in [0.05, 0.1) is 7.11 Å². The minimum absolute atomic E-state index is 0.280. The van der Waals surface area contributed by atoms with Crippen molar-refractivity contribution < 1.29 is 14.2 Å². The number of benzene rings is 1. The first kappa shape index (κ1) is 13.6. The van der Waals surface area contributed by atoms with Crippen LogP contribution in [-0.2, 0) is 6.54 Å². The Hall–Kier alpha value is -1.42. The third-order valence-corrected chi connectivity index (χ3v) is 4.28. The van der Waals surface area contributed by atoms with E-state index in [2.05, 4.69) is 12.2 Å². The summed E-state index contributed by atoms with van der Waals surface area (Å²) in [5, 5.41) is 3.58. The SMILES string of the molecule is CCCC1(CNCc2cc(OC)c3c(c2)OCO3)CC1. The van der Waals surface area contributed by atoms with Crippen LogP contribution in [0.15, 0.2) is 12.1 Å². The lowest BCUT2D eigenvalue weighted by molar-refractivity contribution is 0.171. The quantitative estimate of drug-likeness (QED) is 0.831. The molecule has 3 rings (SSSR count). The summed E-state index contributed by atoms with van der Waals surface area (Å²) in [5.74, 6) is 2.27. The zero-order chi connectivity index (χ0) is 14.0. The molecule has 0 amide bonds. The lowest BCUT2D eigenvalue weighted by atomic mass is 10.0. The van der Waals surface area contributed by atoms with Gasteiger partial charge in [-0.3, -0.25) is 0 Å². The van der Waals surface area contributed by atoms with Gasteiger partial charge in [-0.1, -0.05) is 13.3 Å². The third-order valence-electron chi connectivity index (χ3n) is 4.28. The molecule has 20 heavy (non-hydrogen) atoms. The number of methoxy groups -OCH3 is 1. The van der Waals surface area contributed by atoms with Crippen molar-refractivity contribution in [1.29, 1.82) is 0 Å². The van der Waals surface area contributed by atoms with Crippen molar-refractivity contribution in [3.05, 3.63) is 17.7 Å². The van der Waals surface area contributed by atoms with Crippen molar-refractivity contribution in [2.75, 3.05) is 20.4 Å². The van der Waals surface area contributed by atoms with E-state index in [-0.39, 0.29) is 6.79 Å². The largest absolute Gasteiger partial charge is 0.493 e. The summed E-state index contributed by atoms with van der Waals surface area (Å²) in [6.45, 7) is 4.50. The Morgan fingerprint density at radius 2 is 2.15 bits per heavy atom. The highest BCUT2D eigenvalue weighted by molar-refractivity contribution is 5.55. The minimum Gasteiger partial charge on any atom is -0.493 e. The summed E-state index contributed by atoms with van der Waals surface area (Å²) >= 11 is 0. The molecule has 2 aliphatic rings. The summed E-state index contributed by atoms with van der Waals surface area (Å²) in [4.78, 5) is 0. The van der Waals surface area contributed by atoms with Gasteiger partial charge < -0.3 is 19.5 Å². The summed E-state index contributed by atoms with van der Waals surface area (Å²) in [6, 6.07) is 4.07. The topological polar surface area (TPSA) is 39.7 Å². The van der Waals surface area contributed by atoms with Gasteiger partial charge in [0.2, 0.25) is 12.5 Å². The molecule has 0 radical (unpaired) electrons. The van der Waals surface area contributed by atoms with E-state index in [1.165, 1.54) is 31.2 Å². The van der Waals surface area contributed by atoms with E-state index in [1.807, 2.05) is 12.1 Å². The molecule has 1 aliphatic heterocycles. The van der Waals surface area contributed by atoms with Crippen molar-refractivity contribution in [1.82, 2.24) is 5.32 Å². The maximum Gasteiger partial charge on any atom is 0.231 e. The zero-order valence-electron chi connectivity index (χ0n) is 12.3. The predicted octanol–water partition coefficient (Wildman–Crippen LogP) is 3.09. The maximum absolute atomic E-state index is 5.45. The fraction of sp³-hybridized carbons (Fsp3) is 0.625. The lowest BCUT2D eigenvalue weighted by Gasteiger charge is -2.15. The molecule has 1 saturated carbocycles. The highest BCUT2D eigenvalue weighted by Crippen LogP contribution is 2.49. The molecular formula is C16H23NO3. The normalized spacial score (nSPS) is 18.1. The van der Waals surface area contributed by atoms with Crippen LogP contribution in [0.4, 0.5) is 0 Å². The number of fused-ring (bicyclic) bond motifs is 1. The first-order valence-electron chi connectivity index (χ1n) is 7.43. The molecule has 0 aromatic heterocycles. The fourth-order valence-electron chi connectivity index (χ4n) is 2.98. The second-order valence-corrected chi connectivity index (χ2v) is 5.89. The zero-order valence-corrected chi connectivity index (χ0v) is 12.3. The van der Waals surface area contributed by atoms with Crippen LogP contribution >= 0.6 is 0 Å². The van der Waals surface area contributed by atoms with Gasteiger partial charge in [0.25, 0.3) is 0 Å². The number of hydrogen-bond acceptors (Lipinski definition) is 4. The molecule has 4 nitrogen and oxygen atoms in total. The number of rotatable bonds is 7. The smallest absolute Gasteiger partial charge is 0.231 e. The molecule has 4 heteroatoms. The van der Waals surface area contributed by atoms with E-state index in [0.29, 0.717) is 5.41 Å². The maximum atomic E-state index is 5.45. The molecule has 1 N–H and O–H groups in total. The van der Waals surface area contributed by atoms with Crippen molar-refractivity contribution in [3.63, 3.8) is 0 Å². The molecule has 1 fully saturated rings. The summed E-state index contributed by atoms with van der Waals surface area (Å²) < 4.78 is 16.2. The molecule has 0 unspecified atom stereocenters. The van der Waals surface area contributed by atoms with Gasteiger partial charge in [0, 0.05) is 13.1 Å². The fourth-order valence-corrected chi connectivity index (χ4v) is 2.98. The minimum atomic E-state index is 0.280. The Morgan fingerprint density at radius 3 is 2.85 bits per heavy atom. The summed E-state index contributed by atoms with van der Waals surface area (Å²) in [6.07, 6.45) is 5.36. The Balaban J connectivity index is 1.60. The van der Waals surface area contributed by atoms with Crippen LogP contribution in [0.5, 0.6) is 17.2 Å². The van der Waals surface area contributed by atoms with E-state index in [1.54, 1.807) is 7.11 Å². The van der Waals surface area contributed by atoms with Gasteiger partial charge in [-0.2, -0.15) is 0 Å². The second kappa shape index (κ2) is 5.52. The second-order valence-electron chi connectivity index (χ2n) is 5.89. The Bertz CT molecular complexity index is 483. The predicted molar refractivity (Wildman–Crippen MR) is 77.4 cm³/mol. The van der Waals surface area contributed by atoms with Crippen molar-refractivity contribution in [2.45, 2.75) is 39.2 Å². The molecule has 0 atom stereocenters. The molecule has 110 valence electrons. The number of nitrogens with one attached hydrogen (secondary N) is 1. The van der Waals surface area contributed by atoms with E-state index < -0.39 is 0 Å². The van der Waals surface area contributed by atoms with Gasteiger partial charge in [-0.25, -0.2) is 0 Å². The number of ether oxygens (including phenoxy) is 3. The van der Waals surface area contributed by atoms with E-state index in [4.69, 9.17) is 14.2 Å². The molecular weight excluding hydrogens is 254 g/mol. The molecule has 1 aromatic rings. The Morgan fingerprint density at radius 1 is 1.30 bits per heavy atom. The molecule has 0 saturated heterocycles. The number of hydrogen-bond donors (Lipinski definition) is 1. The van der Waals surface area contributed by atoms with Gasteiger partial charge in [-0.05, 0) is 42.4 Å². The van der Waals surface area contributed by atoms with Crippen LogP contribution in [-0.4, -0.2) is 20.4 Å². The molecule has 1 aromatic carbocycles. The van der Waals surface area contributed by atoms with E-state index >= 15 is 0 Å². The Labute approximate surface area is 120 Å². The lowest BCUT2D eigenvalue weighted by Crippen LogP contribution is -2.23. The van der Waals surface area contributed by atoms with Gasteiger partial charge in [-0.15, -0.1) is 0 Å². The highest BCUT2D eigenvalue weighted by atomic mass is 16.7. The van der Waals surface area contributed by atoms with Crippen LogP contribution in [0, 0.1) is 5.41 Å². The molecule has 1 aliphatic carbocycles. The van der Waals surface area contributed by atoms with Crippen molar-refractivity contribution in [2.24, 2.45) is 5.41 Å². The van der Waals surface area contributed by atoms with Crippen LogP contribution in [0.3, 0.4) is 0 Å². The van der Waals surface area contributed by atoms with E-state index in [0.717, 1.165) is 30.3 Å². The van der Waals surface area contributed by atoms with Crippen molar-refractivity contribution >= 4 is 0 Å². The average Bonchev–Trinajstić information content (AvgIpc) is 3.04. The first-order valence-corrected chi connectivity index (χ1v) is 7.43. The van der Waals surface area contributed by atoms with Crippen LogP contribution in [0.2, 0.25) is 0 Å². The van der Waals surface area contributed by atoms with Crippen LogP contribution in [0.25, 0.3) is 0 Å². The van der Waals surface area contributed by atoms with Crippen LogP contribution < -0.4 is 19.5 Å².